The topological polar surface area (TPSA) is 53.1 Å². The second kappa shape index (κ2) is 5.31. The molecule has 1 aromatic heterocycles. The molecule has 0 spiro atoms. The lowest BCUT2D eigenvalue weighted by molar-refractivity contribution is -0.137. The monoisotopic (exact) mass is 273 g/mol. The Labute approximate surface area is 120 Å². The Balaban J connectivity index is 2.50. The van der Waals surface area contributed by atoms with E-state index in [1.165, 1.54) is 0 Å². The summed E-state index contributed by atoms with van der Waals surface area (Å²) in [6, 6.07) is 8.12. The van der Waals surface area contributed by atoms with Crippen molar-refractivity contribution in [1.29, 1.82) is 0 Å². The first-order valence-electron chi connectivity index (χ1n) is 7.07. The second-order valence-electron chi connectivity index (χ2n) is 6.77. The van der Waals surface area contributed by atoms with Crippen LogP contribution in [0.25, 0.3) is 10.9 Å². The van der Waals surface area contributed by atoms with Crippen LogP contribution in [0.3, 0.4) is 0 Å². The van der Waals surface area contributed by atoms with Crippen LogP contribution in [0.1, 0.15) is 50.8 Å². The zero-order valence-corrected chi connectivity index (χ0v) is 12.7. The van der Waals surface area contributed by atoms with Crippen molar-refractivity contribution >= 4 is 16.9 Å². The van der Waals surface area contributed by atoms with Gasteiger partial charge in [-0.25, -0.2) is 0 Å². The minimum Gasteiger partial charge on any atom is -0.481 e. The molecule has 2 aromatic rings. The summed E-state index contributed by atoms with van der Waals surface area (Å²) >= 11 is 0. The zero-order valence-electron chi connectivity index (χ0n) is 12.7. The van der Waals surface area contributed by atoms with E-state index >= 15 is 0 Å². The minimum absolute atomic E-state index is 0.0450. The molecule has 1 aromatic carbocycles. The van der Waals surface area contributed by atoms with Crippen molar-refractivity contribution in [3.63, 3.8) is 0 Å². The highest BCUT2D eigenvalue weighted by molar-refractivity contribution is 5.85. The molecule has 2 N–H and O–H groups in total. The molecule has 2 rings (SSSR count). The molecule has 1 unspecified atom stereocenters. The summed E-state index contributed by atoms with van der Waals surface area (Å²) in [4.78, 5) is 14.6. The Hall–Kier alpha value is -1.77. The summed E-state index contributed by atoms with van der Waals surface area (Å²) in [5.74, 6) is -0.687. The number of H-pyrrole nitrogens is 1. The quantitative estimate of drug-likeness (QED) is 0.863. The molecule has 1 atom stereocenters. The van der Waals surface area contributed by atoms with Crippen molar-refractivity contribution in [2.45, 2.75) is 46.5 Å². The number of hydrogen-bond donors (Lipinski definition) is 2. The number of carboxylic acid groups (broad SMARTS) is 1. The van der Waals surface area contributed by atoms with Crippen LogP contribution in [-0.2, 0) is 4.79 Å². The van der Waals surface area contributed by atoms with E-state index in [2.05, 4.69) is 31.8 Å². The molecule has 3 heteroatoms. The van der Waals surface area contributed by atoms with Gasteiger partial charge in [0.2, 0.25) is 0 Å². The third kappa shape index (κ3) is 3.21. The Morgan fingerprint density at radius 2 is 1.95 bits per heavy atom. The van der Waals surface area contributed by atoms with Crippen LogP contribution >= 0.6 is 0 Å². The molecule has 0 saturated heterocycles. The molecule has 1 heterocycles. The predicted octanol–water partition coefficient (Wildman–Crippen LogP) is 4.47. The molecule has 0 amide bonds. The molecule has 108 valence electrons. The summed E-state index contributed by atoms with van der Waals surface area (Å²) in [6.07, 6.45) is 1.04. The number of aromatic amines is 1. The van der Waals surface area contributed by atoms with Crippen molar-refractivity contribution in [2.24, 2.45) is 5.41 Å². The van der Waals surface area contributed by atoms with E-state index in [0.717, 1.165) is 28.6 Å². The molecule has 0 radical (unpaired) electrons. The van der Waals surface area contributed by atoms with Gasteiger partial charge in [-0.05, 0) is 36.3 Å². The van der Waals surface area contributed by atoms with Crippen molar-refractivity contribution in [2.75, 3.05) is 0 Å². The molecule has 3 nitrogen and oxygen atoms in total. The third-order valence-corrected chi connectivity index (χ3v) is 3.63. The molecular formula is C17H23NO2. The average Bonchev–Trinajstić information content (AvgIpc) is 2.61. The first-order chi connectivity index (χ1) is 9.28. The fraction of sp³-hybridized carbons (Fsp3) is 0.471. The third-order valence-electron chi connectivity index (χ3n) is 3.63. The number of para-hydroxylation sites is 1. The van der Waals surface area contributed by atoms with Crippen molar-refractivity contribution in [1.82, 2.24) is 4.98 Å². The van der Waals surface area contributed by atoms with Gasteiger partial charge in [0.1, 0.15) is 0 Å². The van der Waals surface area contributed by atoms with Gasteiger partial charge in [0.25, 0.3) is 0 Å². The number of nitrogens with one attached hydrogen (secondary N) is 1. The van der Waals surface area contributed by atoms with Gasteiger partial charge in [-0.2, -0.15) is 0 Å². The number of benzene rings is 1. The van der Waals surface area contributed by atoms with E-state index in [1.807, 2.05) is 25.1 Å². The van der Waals surface area contributed by atoms with Crippen molar-refractivity contribution in [3.05, 3.63) is 35.5 Å². The highest BCUT2D eigenvalue weighted by Gasteiger charge is 2.26. The molecular weight excluding hydrogens is 250 g/mol. The first kappa shape index (κ1) is 14.6. The van der Waals surface area contributed by atoms with Gasteiger partial charge in [0.15, 0.2) is 0 Å². The number of rotatable bonds is 4. The summed E-state index contributed by atoms with van der Waals surface area (Å²) in [5, 5.41) is 10.4. The van der Waals surface area contributed by atoms with Gasteiger partial charge in [-0.3, -0.25) is 4.79 Å². The molecule has 0 aliphatic heterocycles. The van der Waals surface area contributed by atoms with Crippen LogP contribution in [0.15, 0.2) is 24.3 Å². The smallest absolute Gasteiger partial charge is 0.303 e. The van der Waals surface area contributed by atoms with Crippen LogP contribution in [-0.4, -0.2) is 16.1 Å². The Kier molecular flexibility index (Phi) is 3.89. The maximum absolute atomic E-state index is 11.2. The van der Waals surface area contributed by atoms with Crippen LogP contribution < -0.4 is 0 Å². The SMILES string of the molecule is Cc1[nH]c2ccccc2c1C(CC(=O)O)CC(C)(C)C. The molecule has 0 aliphatic carbocycles. The van der Waals surface area contributed by atoms with Gasteiger partial charge < -0.3 is 10.1 Å². The second-order valence-corrected chi connectivity index (χ2v) is 6.77. The van der Waals surface area contributed by atoms with Crippen molar-refractivity contribution in [3.8, 4) is 0 Å². The van der Waals surface area contributed by atoms with E-state index in [1.54, 1.807) is 0 Å². The predicted molar refractivity (Wildman–Crippen MR) is 82.1 cm³/mol. The normalized spacial score (nSPS) is 13.6. The lowest BCUT2D eigenvalue weighted by Gasteiger charge is -2.25. The molecule has 20 heavy (non-hydrogen) atoms. The fourth-order valence-corrected chi connectivity index (χ4v) is 3.05. The Morgan fingerprint density at radius 1 is 1.30 bits per heavy atom. The number of aliphatic carboxylic acids is 1. The number of hydrogen-bond acceptors (Lipinski definition) is 1. The standard InChI is InChI=1S/C17H23NO2/c1-11-16(13-7-5-6-8-14(13)18-11)12(9-15(19)20)10-17(2,3)4/h5-8,12,18H,9-10H2,1-4H3,(H,19,20). The summed E-state index contributed by atoms with van der Waals surface area (Å²) in [6.45, 7) is 8.51. The van der Waals surface area contributed by atoms with Gasteiger partial charge >= 0.3 is 5.97 Å². The van der Waals surface area contributed by atoms with Crippen molar-refractivity contribution < 1.29 is 9.90 Å². The lowest BCUT2D eigenvalue weighted by atomic mass is 9.79. The van der Waals surface area contributed by atoms with Crippen LogP contribution in [0.5, 0.6) is 0 Å². The number of carboxylic acids is 1. The summed E-state index contributed by atoms with van der Waals surface area (Å²) < 4.78 is 0. The molecule has 0 saturated carbocycles. The minimum atomic E-state index is -0.732. The van der Waals surface area contributed by atoms with E-state index in [9.17, 15) is 9.90 Å². The van der Waals surface area contributed by atoms with Gasteiger partial charge in [-0.15, -0.1) is 0 Å². The number of fused-ring (bicyclic) bond motifs is 1. The van der Waals surface area contributed by atoms with Gasteiger partial charge in [0.05, 0.1) is 6.42 Å². The average molecular weight is 273 g/mol. The molecule has 0 bridgehead atoms. The van der Waals surface area contributed by atoms with E-state index < -0.39 is 5.97 Å². The largest absolute Gasteiger partial charge is 0.481 e. The van der Waals surface area contributed by atoms with Crippen LogP contribution in [0.4, 0.5) is 0 Å². The van der Waals surface area contributed by atoms with Crippen LogP contribution in [0.2, 0.25) is 0 Å². The number of carbonyl (C=O) groups is 1. The fourth-order valence-electron chi connectivity index (χ4n) is 3.05. The zero-order chi connectivity index (χ0) is 14.9. The van der Waals surface area contributed by atoms with E-state index in [0.29, 0.717) is 0 Å². The maximum atomic E-state index is 11.2. The highest BCUT2D eigenvalue weighted by atomic mass is 16.4. The molecule has 0 fully saturated rings. The molecule has 0 aliphatic rings. The first-order valence-corrected chi connectivity index (χ1v) is 7.07. The van der Waals surface area contributed by atoms with Gasteiger partial charge in [0, 0.05) is 16.6 Å². The van der Waals surface area contributed by atoms with Gasteiger partial charge in [-0.1, -0.05) is 39.0 Å². The van der Waals surface area contributed by atoms with E-state index in [4.69, 9.17) is 0 Å². The maximum Gasteiger partial charge on any atom is 0.303 e. The number of aryl methyl sites for hydroxylation is 1. The van der Waals surface area contributed by atoms with Crippen LogP contribution in [0, 0.1) is 12.3 Å². The summed E-state index contributed by atoms with van der Waals surface area (Å²) in [5.41, 5.74) is 3.44. The van der Waals surface area contributed by atoms with E-state index in [-0.39, 0.29) is 17.8 Å². The highest BCUT2D eigenvalue weighted by Crippen LogP contribution is 2.38. The Bertz CT molecular complexity index is 619. The number of aromatic nitrogens is 1. The summed E-state index contributed by atoms with van der Waals surface area (Å²) in [7, 11) is 0. The Morgan fingerprint density at radius 3 is 2.55 bits per heavy atom. The lowest BCUT2D eigenvalue weighted by Crippen LogP contribution is -2.15.